The van der Waals surface area contributed by atoms with Gasteiger partial charge in [-0.05, 0) is 79.8 Å². The average molecular weight is 707 g/mol. The van der Waals surface area contributed by atoms with E-state index >= 15 is 0 Å². The number of halogens is 9. The van der Waals surface area contributed by atoms with Crippen LogP contribution in [0.25, 0.3) is 0 Å². The number of ether oxygens (including phenoxy) is 1. The molecule has 2 aliphatic heterocycles. The van der Waals surface area contributed by atoms with E-state index in [1.54, 1.807) is 4.72 Å². The van der Waals surface area contributed by atoms with Crippen LogP contribution < -0.4 is 9.46 Å². The molecule has 2 N–H and O–H groups in total. The molecule has 1 saturated carbocycles. The van der Waals surface area contributed by atoms with Gasteiger partial charge in [0.2, 0.25) is 10.0 Å². The van der Waals surface area contributed by atoms with Crippen LogP contribution in [0.2, 0.25) is 5.02 Å². The second-order valence-corrected chi connectivity index (χ2v) is 13.5. The van der Waals surface area contributed by atoms with Gasteiger partial charge in [-0.15, -0.1) is 0 Å². The van der Waals surface area contributed by atoms with Crippen molar-refractivity contribution in [2.75, 3.05) is 6.26 Å². The number of benzene rings is 2. The summed E-state index contributed by atoms with van der Waals surface area (Å²) in [6.07, 6.45) is -5.25. The lowest BCUT2D eigenvalue weighted by Gasteiger charge is -2.39. The number of carboxylic acid groups (broad SMARTS) is 1. The molecule has 1 aliphatic carbocycles. The maximum absolute atomic E-state index is 15.0. The number of piperidine rings is 1. The number of nitrogens with zero attached hydrogens (tertiary/aromatic N) is 1. The van der Waals surface area contributed by atoms with Gasteiger partial charge in [0.25, 0.3) is 5.91 Å². The number of nitrogens with one attached hydrogen (secondary N) is 1. The quantitative estimate of drug-likeness (QED) is 0.320. The molecule has 2 aromatic carbocycles. The molecule has 2 heterocycles. The molecule has 2 aromatic rings. The molecule has 0 spiro atoms. The Balaban J connectivity index is 0.000000617. The minimum Gasteiger partial charge on any atom is -0.487 e. The standard InChI is InChI=1S/C26H26ClF5N2O4S.C2HF3O2/c1-39(36,37)33-25(35)20-11-19(13-2-3-13)14(6-22(20)28)12-34-16-4-5-17(34)10-18(9-16)38-23-8-15(26(30,31)32)7-21(27)24(23)29;3-2(4,5)1(6)7/h6-8,11,13,16-18H,2-5,9-10,12H2,1H3,(H,33,35);(H,6,7)/t16-,17+,18-;. The summed E-state index contributed by atoms with van der Waals surface area (Å²) < 4.78 is 131. The topological polar surface area (TPSA) is 113 Å². The molecule has 0 unspecified atom stereocenters. The SMILES string of the molecule is CS(=O)(=O)NC(=O)c1cc(C2CC2)c(CN2[C@@H]3CC[C@H]2C[C@H](Oc2cc(C(F)(F)F)cc(Cl)c2F)C3)cc1F.O=C(O)C(F)(F)F. The van der Waals surface area contributed by atoms with E-state index in [9.17, 15) is 48.3 Å². The van der Waals surface area contributed by atoms with Crippen LogP contribution in [0.3, 0.4) is 0 Å². The first-order valence-electron chi connectivity index (χ1n) is 13.8. The molecule has 18 heteroatoms. The predicted octanol–water partition coefficient (Wildman–Crippen LogP) is 6.41. The van der Waals surface area contributed by atoms with Gasteiger partial charge in [-0.25, -0.2) is 26.7 Å². The number of sulfonamides is 1. The molecule has 3 fully saturated rings. The van der Waals surface area contributed by atoms with Gasteiger partial charge in [-0.2, -0.15) is 26.3 Å². The zero-order valence-corrected chi connectivity index (χ0v) is 25.4. The van der Waals surface area contributed by atoms with Crippen molar-refractivity contribution in [2.45, 2.75) is 81.5 Å². The van der Waals surface area contributed by atoms with Crippen LogP contribution >= 0.6 is 11.6 Å². The predicted molar refractivity (Wildman–Crippen MR) is 147 cm³/mol. The zero-order valence-electron chi connectivity index (χ0n) is 23.8. The van der Waals surface area contributed by atoms with Crippen LogP contribution in [0.15, 0.2) is 24.3 Å². The Morgan fingerprint density at radius 1 is 1.00 bits per heavy atom. The van der Waals surface area contributed by atoms with Gasteiger partial charge >= 0.3 is 18.3 Å². The highest BCUT2D eigenvalue weighted by Gasteiger charge is 2.43. The Morgan fingerprint density at radius 2 is 1.57 bits per heavy atom. The van der Waals surface area contributed by atoms with Gasteiger partial charge in [0.15, 0.2) is 11.6 Å². The lowest BCUT2D eigenvalue weighted by molar-refractivity contribution is -0.192. The largest absolute Gasteiger partial charge is 0.490 e. The number of rotatable bonds is 7. The van der Waals surface area contributed by atoms with Gasteiger partial charge in [-0.1, -0.05) is 11.6 Å². The van der Waals surface area contributed by atoms with Crippen LogP contribution in [0.5, 0.6) is 5.75 Å². The van der Waals surface area contributed by atoms with E-state index in [1.165, 1.54) is 12.1 Å². The van der Waals surface area contributed by atoms with Crippen molar-refractivity contribution < 1.29 is 63.0 Å². The first-order chi connectivity index (χ1) is 21.1. The first kappa shape index (κ1) is 35.7. The number of hydrogen-bond acceptors (Lipinski definition) is 6. The number of aliphatic carboxylic acids is 1. The second kappa shape index (κ2) is 13.1. The van der Waals surface area contributed by atoms with E-state index < -0.39 is 68.3 Å². The second-order valence-electron chi connectivity index (χ2n) is 11.3. The smallest absolute Gasteiger partial charge is 0.487 e. The van der Waals surface area contributed by atoms with Crippen molar-refractivity contribution in [1.82, 2.24) is 9.62 Å². The van der Waals surface area contributed by atoms with Crippen LogP contribution in [-0.4, -0.2) is 60.9 Å². The Bertz CT molecular complexity index is 1600. The number of hydrogen-bond donors (Lipinski definition) is 2. The fourth-order valence-corrected chi connectivity index (χ4v) is 6.37. The highest BCUT2D eigenvalue weighted by molar-refractivity contribution is 7.89. The van der Waals surface area contributed by atoms with E-state index in [0.29, 0.717) is 37.1 Å². The lowest BCUT2D eigenvalue weighted by Crippen LogP contribution is -2.46. The number of carbonyl (C=O) groups excluding carboxylic acids is 1. The van der Waals surface area contributed by atoms with E-state index in [1.807, 2.05) is 0 Å². The fraction of sp³-hybridized carbons (Fsp3) is 0.500. The Kier molecular flexibility index (Phi) is 10.2. The van der Waals surface area contributed by atoms with E-state index in [2.05, 4.69) is 4.90 Å². The van der Waals surface area contributed by atoms with Crippen molar-refractivity contribution in [3.8, 4) is 5.75 Å². The highest BCUT2D eigenvalue weighted by atomic mass is 35.5. The summed E-state index contributed by atoms with van der Waals surface area (Å²) >= 11 is 5.70. The fourth-order valence-electron chi connectivity index (χ4n) is 5.71. The molecule has 3 atom stereocenters. The molecule has 1 amide bonds. The summed E-state index contributed by atoms with van der Waals surface area (Å²) in [4.78, 5) is 23.4. The lowest BCUT2D eigenvalue weighted by atomic mass is 9.95. The first-order valence-corrected chi connectivity index (χ1v) is 16.0. The normalized spacial score (nSPS) is 21.7. The summed E-state index contributed by atoms with van der Waals surface area (Å²) in [5, 5.41) is 6.46. The average Bonchev–Trinajstić information content (AvgIpc) is 3.71. The molecule has 0 aromatic heterocycles. The van der Waals surface area contributed by atoms with Crippen LogP contribution in [-0.2, 0) is 27.5 Å². The van der Waals surface area contributed by atoms with Crippen molar-refractivity contribution in [3.63, 3.8) is 0 Å². The molecule has 254 valence electrons. The number of fused-ring (bicyclic) bond motifs is 2. The maximum atomic E-state index is 15.0. The van der Waals surface area contributed by atoms with Gasteiger partial charge in [0.05, 0.1) is 22.4 Å². The van der Waals surface area contributed by atoms with Crippen LogP contribution in [0, 0.1) is 11.6 Å². The van der Waals surface area contributed by atoms with E-state index in [4.69, 9.17) is 26.2 Å². The Labute approximate surface area is 262 Å². The monoisotopic (exact) mass is 706 g/mol. The third kappa shape index (κ3) is 8.79. The molecular weight excluding hydrogens is 680 g/mol. The molecule has 8 nitrogen and oxygen atoms in total. The Morgan fingerprint density at radius 3 is 2.04 bits per heavy atom. The molecular formula is C28H27ClF8N2O6S. The van der Waals surface area contributed by atoms with Gasteiger partial charge in [-0.3, -0.25) is 9.69 Å². The van der Waals surface area contributed by atoms with Crippen molar-refractivity contribution in [1.29, 1.82) is 0 Å². The minimum absolute atomic E-state index is 0.0126. The number of alkyl halides is 6. The van der Waals surface area contributed by atoms with Crippen LogP contribution in [0.1, 0.15) is 71.5 Å². The number of carboxylic acids is 1. The van der Waals surface area contributed by atoms with Gasteiger partial charge in [0.1, 0.15) is 11.9 Å². The summed E-state index contributed by atoms with van der Waals surface area (Å²) in [5.74, 6) is -6.02. The van der Waals surface area contributed by atoms with E-state index in [0.717, 1.165) is 37.5 Å². The van der Waals surface area contributed by atoms with Gasteiger partial charge < -0.3 is 9.84 Å². The summed E-state index contributed by atoms with van der Waals surface area (Å²) in [7, 11) is -3.86. The molecule has 0 radical (unpaired) electrons. The minimum atomic E-state index is -5.08. The zero-order chi connectivity index (χ0) is 34.4. The number of carbonyl (C=O) groups is 2. The molecule has 3 aliphatic rings. The molecule has 46 heavy (non-hydrogen) atoms. The van der Waals surface area contributed by atoms with E-state index in [-0.39, 0.29) is 23.6 Å². The summed E-state index contributed by atoms with van der Waals surface area (Å²) in [6, 6.07) is 3.85. The van der Waals surface area contributed by atoms with Crippen molar-refractivity contribution in [2.24, 2.45) is 0 Å². The number of amides is 1. The third-order valence-corrected chi connectivity index (χ3v) is 8.65. The van der Waals surface area contributed by atoms with Crippen LogP contribution in [0.4, 0.5) is 35.1 Å². The van der Waals surface area contributed by atoms with Crippen molar-refractivity contribution in [3.05, 3.63) is 63.2 Å². The molecule has 5 rings (SSSR count). The van der Waals surface area contributed by atoms with Crippen molar-refractivity contribution >= 4 is 33.5 Å². The molecule has 2 bridgehead atoms. The summed E-state index contributed by atoms with van der Waals surface area (Å²) in [6.45, 7) is 0.391. The third-order valence-electron chi connectivity index (χ3n) is 7.82. The van der Waals surface area contributed by atoms with Gasteiger partial charge in [0, 0.05) is 18.6 Å². The summed E-state index contributed by atoms with van der Waals surface area (Å²) in [5.41, 5.74) is 0.0851. The Hall–Kier alpha value is -3.18. The maximum Gasteiger partial charge on any atom is 0.490 e. The molecule has 2 saturated heterocycles. The highest BCUT2D eigenvalue weighted by Crippen LogP contribution is 2.45.